The van der Waals surface area contributed by atoms with Crippen LogP contribution in [-0.2, 0) is 6.54 Å². The summed E-state index contributed by atoms with van der Waals surface area (Å²) in [7, 11) is 0. The van der Waals surface area contributed by atoms with Gasteiger partial charge in [-0.25, -0.2) is 4.98 Å². The first-order valence-corrected chi connectivity index (χ1v) is 11.6. The van der Waals surface area contributed by atoms with E-state index in [-0.39, 0.29) is 18.1 Å². The molecule has 0 atom stereocenters. The minimum absolute atomic E-state index is 0.00598. The molecule has 9 heteroatoms. The van der Waals surface area contributed by atoms with Gasteiger partial charge in [-0.3, -0.25) is 24.8 Å². The molecule has 0 fully saturated rings. The first kappa shape index (κ1) is 21.9. The number of pyridine rings is 1. The molecular formula is C23H20N4O3S2. The molecule has 162 valence electrons. The van der Waals surface area contributed by atoms with E-state index in [9.17, 15) is 14.9 Å². The minimum atomic E-state index is -0.438. The highest BCUT2D eigenvalue weighted by Gasteiger charge is 2.23. The van der Waals surface area contributed by atoms with Crippen LogP contribution in [0.2, 0.25) is 0 Å². The molecule has 0 bridgehead atoms. The zero-order valence-corrected chi connectivity index (χ0v) is 19.1. The second-order valence-electron chi connectivity index (χ2n) is 7.31. The summed E-state index contributed by atoms with van der Waals surface area (Å²) < 4.78 is 0.650. The predicted molar refractivity (Wildman–Crippen MR) is 128 cm³/mol. The maximum Gasteiger partial charge on any atom is 0.270 e. The van der Waals surface area contributed by atoms with Crippen LogP contribution in [0.15, 0.2) is 71.8 Å². The van der Waals surface area contributed by atoms with Crippen LogP contribution in [0.25, 0.3) is 10.2 Å². The van der Waals surface area contributed by atoms with Crippen molar-refractivity contribution in [3.63, 3.8) is 0 Å². The molecule has 2 aromatic carbocycles. The molecule has 32 heavy (non-hydrogen) atoms. The number of thioether (sulfide) groups is 1. The number of amides is 1. The number of fused-ring (bicyclic) bond motifs is 1. The topological polar surface area (TPSA) is 89.2 Å². The number of thiazole rings is 1. The van der Waals surface area contributed by atoms with Crippen molar-refractivity contribution in [3.05, 3.63) is 88.2 Å². The number of rotatable bonds is 7. The van der Waals surface area contributed by atoms with E-state index in [4.69, 9.17) is 0 Å². The molecule has 0 N–H and O–H groups in total. The number of hydrogen-bond donors (Lipinski definition) is 0. The van der Waals surface area contributed by atoms with Gasteiger partial charge < -0.3 is 0 Å². The number of carbonyl (C=O) groups is 1. The van der Waals surface area contributed by atoms with Gasteiger partial charge in [0, 0.05) is 34.0 Å². The number of anilines is 1. The number of nitro groups is 1. The van der Waals surface area contributed by atoms with Gasteiger partial charge in [-0.05, 0) is 42.5 Å². The Labute approximate surface area is 193 Å². The summed E-state index contributed by atoms with van der Waals surface area (Å²) in [6.07, 6.45) is 1.68. The largest absolute Gasteiger partial charge is 0.278 e. The number of non-ortho nitro benzene ring substituents is 1. The molecule has 2 aromatic heterocycles. The van der Waals surface area contributed by atoms with Crippen molar-refractivity contribution in [3.8, 4) is 0 Å². The summed E-state index contributed by atoms with van der Waals surface area (Å²) >= 11 is 2.98. The van der Waals surface area contributed by atoms with Crippen LogP contribution in [0, 0.1) is 10.1 Å². The standard InChI is InChI=1S/C23H20N4O3S2/c1-15(2)31-19-9-6-16(7-10-19)22(28)26(14-17-5-3-4-12-24-17)23-25-20-11-8-18(27(29)30)13-21(20)32-23/h3-13,15H,14H2,1-2H3. The van der Waals surface area contributed by atoms with Crippen molar-refractivity contribution >= 4 is 50.0 Å². The van der Waals surface area contributed by atoms with Gasteiger partial charge in [-0.15, -0.1) is 11.8 Å². The Morgan fingerprint density at radius 3 is 2.59 bits per heavy atom. The fraction of sp³-hybridized carbons (Fsp3) is 0.174. The van der Waals surface area contributed by atoms with Crippen LogP contribution < -0.4 is 4.90 Å². The Morgan fingerprint density at radius 2 is 1.94 bits per heavy atom. The smallest absolute Gasteiger partial charge is 0.270 e. The van der Waals surface area contributed by atoms with Crippen molar-refractivity contribution in [2.24, 2.45) is 0 Å². The molecule has 0 unspecified atom stereocenters. The monoisotopic (exact) mass is 464 g/mol. The van der Waals surface area contributed by atoms with Crippen LogP contribution in [0.1, 0.15) is 29.9 Å². The molecule has 7 nitrogen and oxygen atoms in total. The third kappa shape index (κ3) is 4.95. The Kier molecular flexibility index (Phi) is 6.48. The third-order valence-corrected chi connectivity index (χ3v) is 6.62. The first-order valence-electron chi connectivity index (χ1n) is 9.94. The summed E-state index contributed by atoms with van der Waals surface area (Å²) in [5, 5.41) is 12.0. The van der Waals surface area contributed by atoms with Crippen LogP contribution >= 0.6 is 23.1 Å². The molecule has 0 aliphatic rings. The molecule has 1 amide bonds. The predicted octanol–water partition coefficient (Wildman–Crippen LogP) is 5.95. The van der Waals surface area contributed by atoms with Crippen LogP contribution in [0.3, 0.4) is 0 Å². The van der Waals surface area contributed by atoms with Crippen molar-refractivity contribution in [1.82, 2.24) is 9.97 Å². The highest BCUT2D eigenvalue weighted by Crippen LogP contribution is 2.33. The Bertz CT molecular complexity index is 1260. The van der Waals surface area contributed by atoms with E-state index in [0.717, 1.165) is 10.6 Å². The molecule has 0 saturated heterocycles. The van der Waals surface area contributed by atoms with Gasteiger partial charge in [0.15, 0.2) is 5.13 Å². The fourth-order valence-electron chi connectivity index (χ4n) is 3.11. The SMILES string of the molecule is CC(C)Sc1ccc(C(=O)N(Cc2ccccn2)c2nc3ccc([N+](=O)[O-])cc3s2)cc1. The van der Waals surface area contributed by atoms with E-state index < -0.39 is 4.92 Å². The molecule has 4 aromatic rings. The average molecular weight is 465 g/mol. The summed E-state index contributed by atoms with van der Waals surface area (Å²) in [5.41, 5.74) is 1.86. The zero-order chi connectivity index (χ0) is 22.7. The number of benzene rings is 2. The summed E-state index contributed by atoms with van der Waals surface area (Å²) in [6.45, 7) is 4.48. The maximum atomic E-state index is 13.5. The Morgan fingerprint density at radius 1 is 1.16 bits per heavy atom. The maximum absolute atomic E-state index is 13.5. The molecule has 0 spiro atoms. The Balaban J connectivity index is 1.71. The lowest BCUT2D eigenvalue weighted by molar-refractivity contribution is -0.384. The highest BCUT2D eigenvalue weighted by atomic mass is 32.2. The fourth-order valence-corrected chi connectivity index (χ4v) is 4.95. The van der Waals surface area contributed by atoms with Gasteiger partial charge in [-0.1, -0.05) is 31.3 Å². The number of aromatic nitrogens is 2. The zero-order valence-electron chi connectivity index (χ0n) is 17.5. The molecular weight excluding hydrogens is 444 g/mol. The van der Waals surface area contributed by atoms with Crippen LogP contribution in [0.5, 0.6) is 0 Å². The van der Waals surface area contributed by atoms with Crippen molar-refractivity contribution in [2.75, 3.05) is 4.90 Å². The number of carbonyl (C=O) groups excluding carboxylic acids is 1. The van der Waals surface area contributed by atoms with E-state index in [2.05, 4.69) is 23.8 Å². The normalized spacial score (nSPS) is 11.1. The van der Waals surface area contributed by atoms with Gasteiger partial charge in [0.2, 0.25) is 0 Å². The van der Waals surface area contributed by atoms with Crippen molar-refractivity contribution in [1.29, 1.82) is 0 Å². The number of nitrogens with zero attached hydrogens (tertiary/aromatic N) is 4. The van der Waals surface area contributed by atoms with Gasteiger partial charge >= 0.3 is 0 Å². The number of hydrogen-bond acceptors (Lipinski definition) is 7. The second-order valence-corrected chi connectivity index (χ2v) is 9.97. The molecule has 0 radical (unpaired) electrons. The number of nitro benzene ring substituents is 1. The van der Waals surface area contributed by atoms with Gasteiger partial charge in [0.1, 0.15) is 0 Å². The average Bonchev–Trinajstić information content (AvgIpc) is 3.21. The molecule has 2 heterocycles. The minimum Gasteiger partial charge on any atom is -0.278 e. The van der Waals surface area contributed by atoms with Gasteiger partial charge in [0.25, 0.3) is 11.6 Å². The van der Waals surface area contributed by atoms with E-state index in [1.54, 1.807) is 28.9 Å². The van der Waals surface area contributed by atoms with Crippen LogP contribution in [0.4, 0.5) is 10.8 Å². The third-order valence-electron chi connectivity index (χ3n) is 4.57. The summed E-state index contributed by atoms with van der Waals surface area (Å²) in [6, 6.07) is 17.6. The van der Waals surface area contributed by atoms with E-state index in [0.29, 0.717) is 26.2 Å². The van der Waals surface area contributed by atoms with Crippen molar-refractivity contribution in [2.45, 2.75) is 30.5 Å². The lowest BCUT2D eigenvalue weighted by Crippen LogP contribution is -2.30. The molecule has 0 aliphatic heterocycles. The van der Waals surface area contributed by atoms with E-state index in [1.807, 2.05) is 42.5 Å². The van der Waals surface area contributed by atoms with E-state index >= 15 is 0 Å². The summed E-state index contributed by atoms with van der Waals surface area (Å²) in [4.78, 5) is 35.8. The van der Waals surface area contributed by atoms with Crippen molar-refractivity contribution < 1.29 is 9.72 Å². The van der Waals surface area contributed by atoms with Gasteiger partial charge in [0.05, 0.1) is 27.4 Å². The summed E-state index contributed by atoms with van der Waals surface area (Å²) in [5.74, 6) is -0.203. The first-order chi connectivity index (χ1) is 15.4. The Hall–Kier alpha value is -3.30. The van der Waals surface area contributed by atoms with E-state index in [1.165, 1.54) is 23.5 Å². The second kappa shape index (κ2) is 9.46. The van der Waals surface area contributed by atoms with Gasteiger partial charge in [-0.2, -0.15) is 0 Å². The lowest BCUT2D eigenvalue weighted by Gasteiger charge is -2.20. The molecule has 0 aliphatic carbocycles. The van der Waals surface area contributed by atoms with Crippen LogP contribution in [-0.4, -0.2) is 26.0 Å². The highest BCUT2D eigenvalue weighted by molar-refractivity contribution is 7.99. The lowest BCUT2D eigenvalue weighted by atomic mass is 10.2. The molecule has 4 rings (SSSR count). The quantitative estimate of drug-likeness (QED) is 0.191. The molecule has 0 saturated carbocycles.